The molecule has 0 fully saturated rings. The Morgan fingerprint density at radius 3 is 2.22 bits per heavy atom. The maximum absolute atomic E-state index is 13.0. The van der Waals surface area contributed by atoms with Crippen LogP contribution >= 0.6 is 0 Å². The zero-order chi connectivity index (χ0) is 24.0. The summed E-state index contributed by atoms with van der Waals surface area (Å²) in [6.07, 6.45) is 1.87. The molecule has 3 amide bonds. The van der Waals surface area contributed by atoms with E-state index in [2.05, 4.69) is 20.9 Å². The Balaban J connectivity index is 2.25. The Morgan fingerprint density at radius 2 is 1.62 bits per heavy atom. The number of aromatic nitrogens is 1. The number of carbonyl (C=O) groups excluding carboxylic acids is 3. The molecule has 0 saturated carbocycles. The molecule has 1 aromatic heterocycles. The molecule has 0 saturated heterocycles. The van der Waals surface area contributed by atoms with E-state index < -0.39 is 47.9 Å². The lowest BCUT2D eigenvalue weighted by molar-refractivity contribution is -0.143. The van der Waals surface area contributed by atoms with Crippen molar-refractivity contribution in [2.75, 3.05) is 0 Å². The average Bonchev–Trinajstić information content (AvgIpc) is 3.13. The van der Waals surface area contributed by atoms with Gasteiger partial charge in [0.15, 0.2) is 0 Å². The molecule has 0 radical (unpaired) electrons. The summed E-state index contributed by atoms with van der Waals surface area (Å²) in [7, 11) is 0. The minimum absolute atomic E-state index is 0.125. The van der Waals surface area contributed by atoms with Gasteiger partial charge in [-0.05, 0) is 31.4 Å². The van der Waals surface area contributed by atoms with Crippen molar-refractivity contribution in [3.05, 3.63) is 36.0 Å². The summed E-state index contributed by atoms with van der Waals surface area (Å²) in [5.41, 5.74) is 7.18. The highest BCUT2D eigenvalue weighted by Crippen LogP contribution is 2.19. The van der Waals surface area contributed by atoms with Crippen molar-refractivity contribution in [2.45, 2.75) is 58.3 Å². The van der Waals surface area contributed by atoms with Crippen LogP contribution in [0.3, 0.4) is 0 Å². The number of para-hydroxylation sites is 1. The molecule has 4 atom stereocenters. The smallest absolute Gasteiger partial charge is 0.326 e. The molecule has 0 aliphatic rings. The Morgan fingerprint density at radius 1 is 0.969 bits per heavy atom. The fourth-order valence-corrected chi connectivity index (χ4v) is 3.20. The average molecular weight is 446 g/mol. The number of nitrogens with one attached hydrogen (secondary N) is 4. The monoisotopic (exact) mass is 445 g/mol. The van der Waals surface area contributed by atoms with E-state index in [1.807, 2.05) is 24.3 Å². The molecule has 0 aliphatic carbocycles. The molecule has 2 aromatic rings. The first-order chi connectivity index (χ1) is 15.0. The lowest BCUT2D eigenvalue weighted by Crippen LogP contribution is -2.57. The van der Waals surface area contributed by atoms with Crippen LogP contribution in [0.25, 0.3) is 10.9 Å². The quantitative estimate of drug-likeness (QED) is 0.307. The summed E-state index contributed by atoms with van der Waals surface area (Å²) in [5, 5.41) is 17.9. The minimum Gasteiger partial charge on any atom is -0.480 e. The van der Waals surface area contributed by atoms with Crippen LogP contribution in [0.5, 0.6) is 0 Å². The van der Waals surface area contributed by atoms with Crippen molar-refractivity contribution < 1.29 is 24.3 Å². The largest absolute Gasteiger partial charge is 0.480 e. The molecule has 4 unspecified atom stereocenters. The van der Waals surface area contributed by atoms with Gasteiger partial charge in [0.25, 0.3) is 0 Å². The lowest BCUT2D eigenvalue weighted by Gasteiger charge is -2.24. The normalized spacial score (nSPS) is 14.9. The number of aliphatic carboxylic acids is 1. The topological polar surface area (TPSA) is 166 Å². The van der Waals surface area contributed by atoms with Gasteiger partial charge >= 0.3 is 5.97 Å². The predicted octanol–water partition coefficient (Wildman–Crippen LogP) is 0.273. The second-order valence-electron chi connectivity index (χ2n) is 8.21. The number of rotatable bonds is 10. The highest BCUT2D eigenvalue weighted by molar-refractivity contribution is 5.94. The first kappa shape index (κ1) is 24.9. The zero-order valence-corrected chi connectivity index (χ0v) is 18.6. The summed E-state index contributed by atoms with van der Waals surface area (Å²) < 4.78 is 0. The fraction of sp³-hybridized carbons (Fsp3) is 0.455. The number of hydrogen-bond acceptors (Lipinski definition) is 5. The summed E-state index contributed by atoms with van der Waals surface area (Å²) in [6.45, 7) is 6.32. The van der Waals surface area contributed by atoms with Gasteiger partial charge in [-0.1, -0.05) is 32.0 Å². The number of aromatic amines is 1. The van der Waals surface area contributed by atoms with Gasteiger partial charge in [0.1, 0.15) is 18.1 Å². The van der Waals surface area contributed by atoms with E-state index in [-0.39, 0.29) is 12.3 Å². The Kier molecular flexibility index (Phi) is 8.36. The van der Waals surface area contributed by atoms with Crippen LogP contribution < -0.4 is 21.7 Å². The number of amides is 3. The van der Waals surface area contributed by atoms with Crippen molar-refractivity contribution in [2.24, 2.45) is 11.7 Å². The standard InChI is InChI=1S/C22H31N5O5/c1-11(2)18(22(31)32)27-21(30)17(26-20(29)13(4)25-19(28)12(3)23)9-14-10-24-16-8-6-5-7-15(14)16/h5-8,10-13,17-18,24H,9,23H2,1-4H3,(H,25,28)(H,26,29)(H,27,30)(H,31,32). The highest BCUT2D eigenvalue weighted by Gasteiger charge is 2.30. The molecule has 1 aromatic carbocycles. The van der Waals surface area contributed by atoms with Crippen LogP contribution in [0.4, 0.5) is 0 Å². The van der Waals surface area contributed by atoms with Crippen LogP contribution in [-0.4, -0.2) is 57.9 Å². The number of fused-ring (bicyclic) bond motifs is 1. The summed E-state index contributed by atoms with van der Waals surface area (Å²) in [5.74, 6) is -3.24. The number of carboxylic acid groups (broad SMARTS) is 1. The number of carboxylic acids is 1. The first-order valence-corrected chi connectivity index (χ1v) is 10.5. The van der Waals surface area contributed by atoms with Crippen molar-refractivity contribution in [3.63, 3.8) is 0 Å². The van der Waals surface area contributed by atoms with E-state index in [0.717, 1.165) is 16.5 Å². The molecule has 0 aliphatic heterocycles. The summed E-state index contributed by atoms with van der Waals surface area (Å²) in [6, 6.07) is 3.60. The van der Waals surface area contributed by atoms with Crippen molar-refractivity contribution in [3.8, 4) is 0 Å². The molecule has 10 nitrogen and oxygen atoms in total. The van der Waals surface area contributed by atoms with E-state index >= 15 is 0 Å². The van der Waals surface area contributed by atoms with Gasteiger partial charge in [-0.25, -0.2) is 4.79 Å². The Bertz CT molecular complexity index is 984. The summed E-state index contributed by atoms with van der Waals surface area (Å²) >= 11 is 0. The van der Waals surface area contributed by atoms with Gasteiger partial charge in [0.2, 0.25) is 17.7 Å². The van der Waals surface area contributed by atoms with Crippen LogP contribution in [0.15, 0.2) is 30.5 Å². The van der Waals surface area contributed by atoms with Crippen molar-refractivity contribution in [1.29, 1.82) is 0 Å². The maximum atomic E-state index is 13.0. The molecule has 0 bridgehead atoms. The van der Waals surface area contributed by atoms with E-state index in [9.17, 15) is 24.3 Å². The van der Waals surface area contributed by atoms with Crippen LogP contribution in [-0.2, 0) is 25.6 Å². The van der Waals surface area contributed by atoms with E-state index in [0.29, 0.717) is 0 Å². The van der Waals surface area contributed by atoms with Gasteiger partial charge in [0, 0.05) is 23.5 Å². The molecule has 0 spiro atoms. The molecule has 174 valence electrons. The van der Waals surface area contributed by atoms with Gasteiger partial charge < -0.3 is 31.8 Å². The number of benzene rings is 1. The molecule has 7 N–H and O–H groups in total. The summed E-state index contributed by atoms with van der Waals surface area (Å²) in [4.78, 5) is 52.2. The molecule has 2 rings (SSSR count). The lowest BCUT2D eigenvalue weighted by atomic mass is 10.0. The third-order valence-corrected chi connectivity index (χ3v) is 5.13. The number of carbonyl (C=O) groups is 4. The number of hydrogen-bond donors (Lipinski definition) is 6. The molecular weight excluding hydrogens is 414 g/mol. The molecule has 1 heterocycles. The second-order valence-corrected chi connectivity index (χ2v) is 8.21. The fourth-order valence-electron chi connectivity index (χ4n) is 3.20. The van der Waals surface area contributed by atoms with Crippen molar-refractivity contribution in [1.82, 2.24) is 20.9 Å². The Labute approximate surface area is 186 Å². The van der Waals surface area contributed by atoms with E-state index in [1.54, 1.807) is 20.0 Å². The SMILES string of the molecule is CC(N)C(=O)NC(C)C(=O)NC(Cc1c[nH]c2ccccc12)C(=O)NC(C(=O)O)C(C)C. The molecular formula is C22H31N5O5. The zero-order valence-electron chi connectivity index (χ0n) is 18.6. The van der Waals surface area contributed by atoms with Gasteiger partial charge in [-0.2, -0.15) is 0 Å². The highest BCUT2D eigenvalue weighted by atomic mass is 16.4. The molecule has 32 heavy (non-hydrogen) atoms. The van der Waals surface area contributed by atoms with Gasteiger partial charge in [-0.3, -0.25) is 14.4 Å². The van der Waals surface area contributed by atoms with Crippen LogP contribution in [0, 0.1) is 5.92 Å². The van der Waals surface area contributed by atoms with E-state index in [1.165, 1.54) is 13.8 Å². The van der Waals surface area contributed by atoms with Gasteiger partial charge in [0.05, 0.1) is 6.04 Å². The maximum Gasteiger partial charge on any atom is 0.326 e. The predicted molar refractivity (Wildman–Crippen MR) is 120 cm³/mol. The second kappa shape index (κ2) is 10.8. The first-order valence-electron chi connectivity index (χ1n) is 10.5. The molecule has 10 heteroatoms. The third-order valence-electron chi connectivity index (χ3n) is 5.13. The van der Waals surface area contributed by atoms with E-state index in [4.69, 9.17) is 5.73 Å². The van der Waals surface area contributed by atoms with Crippen molar-refractivity contribution >= 4 is 34.6 Å². The van der Waals surface area contributed by atoms with Crippen LogP contribution in [0.2, 0.25) is 0 Å². The number of H-pyrrole nitrogens is 1. The van der Waals surface area contributed by atoms with Gasteiger partial charge in [-0.15, -0.1) is 0 Å². The minimum atomic E-state index is -1.16. The number of nitrogens with two attached hydrogens (primary N) is 1. The third kappa shape index (κ3) is 6.30. The van der Waals surface area contributed by atoms with Crippen LogP contribution in [0.1, 0.15) is 33.3 Å². The Hall–Kier alpha value is -3.40.